The molecule has 0 aliphatic rings. The molecule has 1 aromatic heterocycles. The number of fused-ring (bicyclic) bond motifs is 1. The van der Waals surface area contributed by atoms with Crippen LogP contribution in [0.1, 0.15) is 17.3 Å². The monoisotopic (exact) mass is 339 g/mol. The molecule has 0 aliphatic carbocycles. The molecule has 0 bridgehead atoms. The third kappa shape index (κ3) is 3.28. The van der Waals surface area contributed by atoms with Gasteiger partial charge < -0.3 is 15.2 Å². The normalized spacial score (nSPS) is 12.1. The van der Waals surface area contributed by atoms with Gasteiger partial charge in [0, 0.05) is 17.0 Å². The smallest absolute Gasteiger partial charge is 0.250 e. The number of hydrogen-bond acceptors (Lipinski definition) is 5. The fourth-order valence-electron chi connectivity index (χ4n) is 2.88. The van der Waals surface area contributed by atoms with Gasteiger partial charge in [-0.25, -0.2) is 0 Å². The van der Waals surface area contributed by atoms with Crippen LogP contribution >= 0.6 is 0 Å². The van der Waals surface area contributed by atoms with Crippen molar-refractivity contribution >= 4 is 22.5 Å². The van der Waals surface area contributed by atoms with Crippen LogP contribution in [0.4, 0.5) is 5.69 Å². The van der Waals surface area contributed by atoms with E-state index in [1.54, 1.807) is 26.5 Å². The molecule has 0 spiro atoms. The van der Waals surface area contributed by atoms with Crippen molar-refractivity contribution in [3.63, 3.8) is 0 Å². The molecule has 3 rings (SSSR count). The van der Waals surface area contributed by atoms with Crippen molar-refractivity contribution in [3.8, 4) is 11.5 Å². The number of nitrogens with two attached hydrogens (primary N) is 1. The van der Waals surface area contributed by atoms with Gasteiger partial charge in [-0.3, -0.25) is 4.79 Å². The van der Waals surface area contributed by atoms with E-state index >= 15 is 0 Å². The van der Waals surface area contributed by atoms with E-state index in [0.717, 1.165) is 16.5 Å². The summed E-state index contributed by atoms with van der Waals surface area (Å²) in [5.41, 5.74) is 8.19. The molecule has 6 heteroatoms. The molecule has 0 radical (unpaired) electrons. The second-order valence-corrected chi connectivity index (χ2v) is 6.01. The lowest BCUT2D eigenvalue weighted by molar-refractivity contribution is 0.0833. The molecule has 0 saturated heterocycles. The van der Waals surface area contributed by atoms with Gasteiger partial charge in [-0.05, 0) is 42.3 Å². The third-order valence-electron chi connectivity index (χ3n) is 4.21. The number of nitrogens with zero attached hydrogens (tertiary/aromatic N) is 2. The molecular weight excluding hydrogens is 318 g/mol. The molecule has 0 amide bonds. The molecule has 0 saturated carbocycles. The van der Waals surface area contributed by atoms with Gasteiger partial charge >= 0.3 is 0 Å². The topological polar surface area (TPSA) is 79.4 Å². The SMILES string of the molecule is COc1ccc(CC(C)C(=O)n2ncc3cc(N)ccc32)cc1OC. The maximum atomic E-state index is 12.8. The van der Waals surface area contributed by atoms with E-state index in [9.17, 15) is 4.79 Å². The molecule has 130 valence electrons. The average molecular weight is 339 g/mol. The molecule has 0 aliphatic heterocycles. The molecule has 2 aromatic carbocycles. The Bertz CT molecular complexity index is 917. The number of ether oxygens (including phenoxy) is 2. The Labute approximate surface area is 146 Å². The van der Waals surface area contributed by atoms with E-state index in [4.69, 9.17) is 15.2 Å². The Morgan fingerprint density at radius 3 is 2.64 bits per heavy atom. The number of benzene rings is 2. The van der Waals surface area contributed by atoms with Crippen LogP contribution < -0.4 is 15.2 Å². The van der Waals surface area contributed by atoms with Gasteiger partial charge in [0.1, 0.15) is 0 Å². The first-order chi connectivity index (χ1) is 12.0. The summed E-state index contributed by atoms with van der Waals surface area (Å²) < 4.78 is 12.0. The van der Waals surface area contributed by atoms with Gasteiger partial charge in [-0.1, -0.05) is 13.0 Å². The van der Waals surface area contributed by atoms with Crippen molar-refractivity contribution in [3.05, 3.63) is 48.2 Å². The van der Waals surface area contributed by atoms with Gasteiger partial charge in [0.25, 0.3) is 5.91 Å². The molecule has 2 N–H and O–H groups in total. The zero-order valence-electron chi connectivity index (χ0n) is 14.5. The van der Waals surface area contributed by atoms with E-state index in [-0.39, 0.29) is 11.8 Å². The van der Waals surface area contributed by atoms with E-state index < -0.39 is 0 Å². The molecule has 3 aromatic rings. The molecular formula is C19H21N3O3. The highest BCUT2D eigenvalue weighted by Gasteiger charge is 2.19. The number of nitrogen functional groups attached to an aromatic ring is 1. The van der Waals surface area contributed by atoms with Crippen LogP contribution in [-0.4, -0.2) is 29.9 Å². The summed E-state index contributed by atoms with van der Waals surface area (Å²) in [4.78, 5) is 12.8. The van der Waals surface area contributed by atoms with Gasteiger partial charge in [0.15, 0.2) is 11.5 Å². The number of anilines is 1. The lowest BCUT2D eigenvalue weighted by atomic mass is 10.00. The maximum Gasteiger partial charge on any atom is 0.250 e. The molecule has 0 fully saturated rings. The standard InChI is InChI=1S/C19H21N3O3/c1-12(8-13-4-7-17(24-2)18(9-13)25-3)19(23)22-16-6-5-15(20)10-14(16)11-21-22/h4-7,9-12H,8,20H2,1-3H3. The first-order valence-electron chi connectivity index (χ1n) is 8.02. The zero-order chi connectivity index (χ0) is 18.0. The van der Waals surface area contributed by atoms with Crippen LogP contribution in [0.25, 0.3) is 10.9 Å². The summed E-state index contributed by atoms with van der Waals surface area (Å²) in [5, 5.41) is 5.08. The van der Waals surface area contributed by atoms with Crippen molar-refractivity contribution in [2.45, 2.75) is 13.3 Å². The molecule has 1 heterocycles. The van der Waals surface area contributed by atoms with E-state index in [1.165, 1.54) is 4.68 Å². The van der Waals surface area contributed by atoms with Crippen LogP contribution in [0.3, 0.4) is 0 Å². The highest BCUT2D eigenvalue weighted by atomic mass is 16.5. The van der Waals surface area contributed by atoms with Crippen molar-refractivity contribution in [1.82, 2.24) is 9.78 Å². The maximum absolute atomic E-state index is 12.8. The molecule has 25 heavy (non-hydrogen) atoms. The number of carbonyl (C=O) groups is 1. The first kappa shape index (κ1) is 16.8. The highest BCUT2D eigenvalue weighted by Crippen LogP contribution is 2.29. The minimum Gasteiger partial charge on any atom is -0.493 e. The number of carbonyl (C=O) groups excluding carboxylic acids is 1. The predicted octanol–water partition coefficient (Wildman–Crippen LogP) is 3.15. The second kappa shape index (κ2) is 6.84. The lowest BCUT2D eigenvalue weighted by Gasteiger charge is -2.13. The van der Waals surface area contributed by atoms with Crippen LogP contribution in [0.15, 0.2) is 42.6 Å². The Morgan fingerprint density at radius 1 is 1.16 bits per heavy atom. The van der Waals surface area contributed by atoms with Crippen molar-refractivity contribution in [2.75, 3.05) is 20.0 Å². The summed E-state index contributed by atoms with van der Waals surface area (Å²) in [7, 11) is 3.19. The number of aromatic nitrogens is 2. The number of rotatable bonds is 5. The third-order valence-corrected chi connectivity index (χ3v) is 4.21. The zero-order valence-corrected chi connectivity index (χ0v) is 14.5. The quantitative estimate of drug-likeness (QED) is 0.722. The van der Waals surface area contributed by atoms with Crippen LogP contribution in [0.5, 0.6) is 11.5 Å². The minimum atomic E-state index is -0.237. The van der Waals surface area contributed by atoms with Crippen molar-refractivity contribution in [2.24, 2.45) is 5.92 Å². The van der Waals surface area contributed by atoms with Gasteiger partial charge in [0.2, 0.25) is 0 Å². The van der Waals surface area contributed by atoms with E-state index in [1.807, 2.05) is 37.3 Å². The number of methoxy groups -OCH3 is 2. The lowest BCUT2D eigenvalue weighted by Crippen LogP contribution is -2.22. The Balaban J connectivity index is 1.82. The molecule has 1 atom stereocenters. The van der Waals surface area contributed by atoms with Gasteiger partial charge in [0.05, 0.1) is 25.9 Å². The van der Waals surface area contributed by atoms with Crippen molar-refractivity contribution in [1.29, 1.82) is 0 Å². The van der Waals surface area contributed by atoms with Gasteiger partial charge in [-0.2, -0.15) is 9.78 Å². The minimum absolute atomic E-state index is 0.0606. The Morgan fingerprint density at radius 2 is 1.92 bits per heavy atom. The first-order valence-corrected chi connectivity index (χ1v) is 8.02. The summed E-state index contributed by atoms with van der Waals surface area (Å²) in [6, 6.07) is 11.1. The average Bonchev–Trinajstić information content (AvgIpc) is 3.03. The Hall–Kier alpha value is -3.02. The second-order valence-electron chi connectivity index (χ2n) is 6.01. The predicted molar refractivity (Wildman–Crippen MR) is 97.2 cm³/mol. The summed E-state index contributed by atoms with van der Waals surface area (Å²) in [6.45, 7) is 1.89. The highest BCUT2D eigenvalue weighted by molar-refractivity contribution is 5.93. The van der Waals surface area contributed by atoms with Gasteiger partial charge in [-0.15, -0.1) is 0 Å². The van der Waals surface area contributed by atoms with E-state index in [2.05, 4.69) is 5.10 Å². The van der Waals surface area contributed by atoms with Crippen LogP contribution in [-0.2, 0) is 6.42 Å². The van der Waals surface area contributed by atoms with Crippen LogP contribution in [0.2, 0.25) is 0 Å². The van der Waals surface area contributed by atoms with E-state index in [0.29, 0.717) is 23.6 Å². The molecule has 6 nitrogen and oxygen atoms in total. The fraction of sp³-hybridized carbons (Fsp3) is 0.263. The largest absolute Gasteiger partial charge is 0.493 e. The van der Waals surface area contributed by atoms with Crippen molar-refractivity contribution < 1.29 is 14.3 Å². The summed E-state index contributed by atoms with van der Waals surface area (Å²) in [6.07, 6.45) is 2.24. The summed E-state index contributed by atoms with van der Waals surface area (Å²) >= 11 is 0. The Kier molecular flexibility index (Phi) is 4.61. The number of hydrogen-bond donors (Lipinski definition) is 1. The molecule has 1 unspecified atom stereocenters. The van der Waals surface area contributed by atoms with Crippen LogP contribution in [0, 0.1) is 5.92 Å². The fourth-order valence-corrected chi connectivity index (χ4v) is 2.88. The summed E-state index contributed by atoms with van der Waals surface area (Å²) in [5.74, 6) is 1.02.